The Morgan fingerprint density at radius 1 is 1.33 bits per heavy atom. The minimum atomic E-state index is -0.412. The number of hydrogen-bond acceptors (Lipinski definition) is 3. The van der Waals surface area contributed by atoms with E-state index in [4.69, 9.17) is 4.74 Å². The van der Waals surface area contributed by atoms with Gasteiger partial charge in [-0.05, 0) is 70.9 Å². The van der Waals surface area contributed by atoms with Gasteiger partial charge in [-0.2, -0.15) is 0 Å². The summed E-state index contributed by atoms with van der Waals surface area (Å²) in [6.07, 6.45) is 3.73. The summed E-state index contributed by atoms with van der Waals surface area (Å²) < 4.78 is 5.27. The monoisotopic (exact) mass is 254 g/mol. The van der Waals surface area contributed by atoms with E-state index in [2.05, 4.69) is 10.6 Å². The lowest BCUT2D eigenvalue weighted by atomic mass is 9.83. The van der Waals surface area contributed by atoms with E-state index in [9.17, 15) is 4.79 Å². The molecule has 1 saturated heterocycles. The molecule has 0 aromatic rings. The zero-order valence-corrected chi connectivity index (χ0v) is 11.8. The first-order chi connectivity index (χ1) is 8.46. The number of hydrogen-bond donors (Lipinski definition) is 2. The minimum Gasteiger partial charge on any atom is -0.444 e. The largest absolute Gasteiger partial charge is 0.444 e. The first kappa shape index (κ1) is 13.7. The van der Waals surface area contributed by atoms with Gasteiger partial charge in [0, 0.05) is 6.54 Å². The number of nitrogens with one attached hydrogen (secondary N) is 2. The van der Waals surface area contributed by atoms with Gasteiger partial charge in [-0.3, -0.25) is 0 Å². The fourth-order valence-electron chi connectivity index (χ4n) is 2.84. The van der Waals surface area contributed by atoms with Gasteiger partial charge in [0.15, 0.2) is 0 Å². The minimum absolute atomic E-state index is 0.289. The summed E-state index contributed by atoms with van der Waals surface area (Å²) in [4.78, 5) is 11.6. The van der Waals surface area contributed by atoms with Gasteiger partial charge < -0.3 is 15.4 Å². The quantitative estimate of drug-likeness (QED) is 0.811. The molecule has 1 amide bonds. The number of amides is 1. The van der Waals surface area contributed by atoms with Crippen LogP contribution in [0.2, 0.25) is 0 Å². The summed E-state index contributed by atoms with van der Waals surface area (Å²) in [5.41, 5.74) is -0.412. The number of carbonyl (C=O) groups excluding carboxylic acids is 1. The van der Waals surface area contributed by atoms with E-state index in [0.29, 0.717) is 5.92 Å². The normalized spacial score (nSPS) is 28.8. The summed E-state index contributed by atoms with van der Waals surface area (Å²) >= 11 is 0. The molecule has 2 atom stereocenters. The molecule has 2 fully saturated rings. The van der Waals surface area contributed by atoms with Gasteiger partial charge in [0.1, 0.15) is 5.60 Å². The molecule has 2 N–H and O–H groups in total. The maximum absolute atomic E-state index is 11.6. The lowest BCUT2D eigenvalue weighted by Gasteiger charge is -2.32. The van der Waals surface area contributed by atoms with Gasteiger partial charge >= 0.3 is 6.09 Å². The molecule has 0 radical (unpaired) electrons. The van der Waals surface area contributed by atoms with Crippen LogP contribution >= 0.6 is 0 Å². The lowest BCUT2D eigenvalue weighted by Crippen LogP contribution is -2.44. The molecule has 0 spiro atoms. The average Bonchev–Trinajstić information content (AvgIpc) is 3.08. The van der Waals surface area contributed by atoms with Crippen molar-refractivity contribution in [1.82, 2.24) is 10.6 Å². The number of carbonyl (C=O) groups is 1. The second-order valence-corrected chi connectivity index (χ2v) is 6.64. The van der Waals surface area contributed by atoms with Crippen molar-refractivity contribution in [3.63, 3.8) is 0 Å². The van der Waals surface area contributed by atoms with Gasteiger partial charge in [-0.15, -0.1) is 0 Å². The maximum Gasteiger partial charge on any atom is 0.407 e. The third-order valence-corrected chi connectivity index (χ3v) is 3.80. The Morgan fingerprint density at radius 2 is 2.06 bits per heavy atom. The van der Waals surface area contributed by atoms with E-state index >= 15 is 0 Å². The third-order valence-electron chi connectivity index (χ3n) is 3.80. The van der Waals surface area contributed by atoms with E-state index < -0.39 is 5.60 Å². The summed E-state index contributed by atoms with van der Waals surface area (Å²) in [5, 5.41) is 6.35. The smallest absolute Gasteiger partial charge is 0.407 e. The summed E-state index contributed by atoms with van der Waals surface area (Å²) in [6.45, 7) is 8.56. The molecule has 4 heteroatoms. The van der Waals surface area contributed by atoms with Gasteiger partial charge in [0.25, 0.3) is 0 Å². The molecular formula is C14H26N2O2. The summed E-state index contributed by atoms with van der Waals surface area (Å²) in [5.74, 6) is 2.28. The molecule has 2 rings (SSSR count). The molecule has 1 heterocycles. The predicted octanol–water partition coefficient (Wildman–Crippen LogP) is 2.15. The maximum atomic E-state index is 11.6. The summed E-state index contributed by atoms with van der Waals surface area (Å²) in [6, 6.07) is 0. The van der Waals surface area contributed by atoms with E-state index in [1.807, 2.05) is 20.8 Å². The van der Waals surface area contributed by atoms with Crippen molar-refractivity contribution in [1.29, 1.82) is 0 Å². The van der Waals surface area contributed by atoms with Crippen LogP contribution < -0.4 is 10.6 Å². The fraction of sp³-hybridized carbons (Fsp3) is 0.929. The molecule has 2 unspecified atom stereocenters. The zero-order valence-electron chi connectivity index (χ0n) is 11.8. The Balaban J connectivity index is 1.75. The lowest BCUT2D eigenvalue weighted by molar-refractivity contribution is 0.0506. The molecule has 1 aliphatic carbocycles. The van der Waals surface area contributed by atoms with Crippen LogP contribution in [0, 0.1) is 17.8 Å². The van der Waals surface area contributed by atoms with Crippen molar-refractivity contribution in [2.75, 3.05) is 19.6 Å². The van der Waals surface area contributed by atoms with Crippen LogP contribution in [-0.2, 0) is 4.74 Å². The Hall–Kier alpha value is -0.770. The van der Waals surface area contributed by atoms with Gasteiger partial charge in [0.05, 0.1) is 0 Å². The molecule has 0 aromatic carbocycles. The Morgan fingerprint density at radius 3 is 2.67 bits per heavy atom. The summed E-state index contributed by atoms with van der Waals surface area (Å²) in [7, 11) is 0. The highest BCUT2D eigenvalue weighted by molar-refractivity contribution is 5.67. The third kappa shape index (κ3) is 4.16. The van der Waals surface area contributed by atoms with Gasteiger partial charge in [-0.25, -0.2) is 4.79 Å². The van der Waals surface area contributed by atoms with Gasteiger partial charge in [-0.1, -0.05) is 0 Å². The van der Waals surface area contributed by atoms with Crippen LogP contribution in [0.15, 0.2) is 0 Å². The molecule has 0 aromatic heterocycles. The van der Waals surface area contributed by atoms with Crippen molar-refractivity contribution >= 4 is 6.09 Å². The molecule has 2 aliphatic rings. The zero-order chi connectivity index (χ0) is 13.2. The first-order valence-corrected chi connectivity index (χ1v) is 7.13. The van der Waals surface area contributed by atoms with E-state index in [1.54, 1.807) is 0 Å². The highest BCUT2D eigenvalue weighted by Crippen LogP contribution is 2.42. The van der Waals surface area contributed by atoms with Crippen LogP contribution in [0.5, 0.6) is 0 Å². The SMILES string of the molecule is CC(C)(C)OC(=O)NCC1CNCCC1C1CC1. The molecule has 1 aliphatic heterocycles. The second kappa shape index (κ2) is 5.47. The van der Waals surface area contributed by atoms with E-state index in [0.717, 1.165) is 31.5 Å². The van der Waals surface area contributed by atoms with Crippen LogP contribution in [0.1, 0.15) is 40.0 Å². The Bertz CT molecular complexity index is 295. The predicted molar refractivity (Wildman–Crippen MR) is 71.4 cm³/mol. The van der Waals surface area contributed by atoms with Crippen molar-refractivity contribution in [3.8, 4) is 0 Å². The number of rotatable bonds is 3. The molecular weight excluding hydrogens is 228 g/mol. The van der Waals surface area contributed by atoms with Crippen LogP contribution in [0.25, 0.3) is 0 Å². The number of piperidine rings is 1. The first-order valence-electron chi connectivity index (χ1n) is 7.13. The van der Waals surface area contributed by atoms with E-state index in [-0.39, 0.29) is 6.09 Å². The van der Waals surface area contributed by atoms with Crippen LogP contribution in [-0.4, -0.2) is 31.3 Å². The topological polar surface area (TPSA) is 50.4 Å². The highest BCUT2D eigenvalue weighted by Gasteiger charge is 2.37. The highest BCUT2D eigenvalue weighted by atomic mass is 16.6. The standard InChI is InChI=1S/C14H26N2O2/c1-14(2,3)18-13(17)16-9-11-8-15-7-6-12(11)10-4-5-10/h10-12,15H,4-9H2,1-3H3,(H,16,17). The molecule has 0 bridgehead atoms. The van der Waals surface area contributed by atoms with Crippen molar-refractivity contribution in [2.45, 2.75) is 45.6 Å². The number of ether oxygens (including phenoxy) is 1. The van der Waals surface area contributed by atoms with Crippen molar-refractivity contribution in [2.24, 2.45) is 17.8 Å². The Labute approximate surface area is 110 Å². The molecule has 4 nitrogen and oxygen atoms in total. The Kier molecular flexibility index (Phi) is 4.15. The van der Waals surface area contributed by atoms with Crippen molar-refractivity contribution < 1.29 is 9.53 Å². The van der Waals surface area contributed by atoms with Crippen LogP contribution in [0.3, 0.4) is 0 Å². The number of alkyl carbamates (subject to hydrolysis) is 1. The average molecular weight is 254 g/mol. The molecule has 18 heavy (non-hydrogen) atoms. The van der Waals surface area contributed by atoms with Crippen LogP contribution in [0.4, 0.5) is 4.79 Å². The molecule has 104 valence electrons. The molecule has 1 saturated carbocycles. The van der Waals surface area contributed by atoms with Crippen molar-refractivity contribution in [3.05, 3.63) is 0 Å². The fourth-order valence-corrected chi connectivity index (χ4v) is 2.84. The van der Waals surface area contributed by atoms with Gasteiger partial charge in [0.2, 0.25) is 0 Å². The van der Waals surface area contributed by atoms with E-state index in [1.165, 1.54) is 19.3 Å². The second-order valence-electron chi connectivity index (χ2n) is 6.64.